The van der Waals surface area contributed by atoms with Gasteiger partial charge in [-0.15, -0.1) is 11.8 Å². The first-order valence-corrected chi connectivity index (χ1v) is 2.90. The maximum absolute atomic E-state index is 10.1. The minimum Gasteiger partial charge on any atom is -0.468 e. The van der Waals surface area contributed by atoms with E-state index < -0.39 is 0 Å². The fourth-order valence-corrected chi connectivity index (χ4v) is 0.427. The normalized spacial score (nSPS) is 8.29. The van der Waals surface area contributed by atoms with Crippen LogP contribution in [0.2, 0.25) is 0 Å². The summed E-state index contributed by atoms with van der Waals surface area (Å²) in [6.07, 6.45) is 3.39. The van der Waals surface area contributed by atoms with Gasteiger partial charge in [0.25, 0.3) is 0 Å². The molecule has 7 heavy (non-hydrogen) atoms. The van der Waals surface area contributed by atoms with E-state index >= 15 is 0 Å². The van der Waals surface area contributed by atoms with E-state index in [9.17, 15) is 4.79 Å². The number of carbonyl (C=O) groups excluding carboxylic acids is 1. The van der Waals surface area contributed by atoms with Gasteiger partial charge in [-0.1, -0.05) is 0 Å². The van der Waals surface area contributed by atoms with Crippen LogP contribution < -0.4 is 0 Å². The Morgan fingerprint density at radius 2 is 2.57 bits per heavy atom. The minimum absolute atomic E-state index is 0.222. The third-order valence-electron chi connectivity index (χ3n) is 0.448. The Morgan fingerprint density at radius 1 is 2.00 bits per heavy atom. The van der Waals surface area contributed by atoms with E-state index in [0.29, 0.717) is 5.75 Å². The van der Waals surface area contributed by atoms with Gasteiger partial charge in [-0.3, -0.25) is 4.79 Å². The van der Waals surface area contributed by atoms with E-state index in [4.69, 9.17) is 0 Å². The van der Waals surface area contributed by atoms with Crippen LogP contribution in [-0.4, -0.2) is 18.8 Å². The first-order chi connectivity index (χ1) is 3.31. The fourth-order valence-electron chi connectivity index (χ4n) is 0.142. The summed E-state index contributed by atoms with van der Waals surface area (Å²) in [6, 6.07) is 0. The van der Waals surface area contributed by atoms with Gasteiger partial charge in [0, 0.05) is 6.26 Å². The second-order valence-electron chi connectivity index (χ2n) is 0.925. The Bertz CT molecular complexity index is 62.7. The highest BCUT2D eigenvalue weighted by atomic mass is 32.2. The number of methoxy groups -OCH3 is 1. The summed E-state index contributed by atoms with van der Waals surface area (Å²) >= 11 is 1.21. The molecule has 0 saturated heterocycles. The highest BCUT2D eigenvalue weighted by molar-refractivity contribution is 8.01. The molecule has 0 rings (SSSR count). The van der Waals surface area contributed by atoms with Crippen LogP contribution in [-0.2, 0) is 9.53 Å². The molecule has 2 nitrogen and oxygen atoms in total. The molecule has 0 aliphatic heterocycles. The molecule has 0 aromatic heterocycles. The van der Waals surface area contributed by atoms with Crippen molar-refractivity contribution in [2.75, 3.05) is 12.9 Å². The molecule has 0 aliphatic rings. The number of hydrogen-bond donors (Lipinski definition) is 0. The number of hydrogen-bond acceptors (Lipinski definition) is 3. The zero-order chi connectivity index (χ0) is 5.70. The molecule has 0 aromatic rings. The Labute approximate surface area is 47.2 Å². The number of rotatable bonds is 2. The lowest BCUT2D eigenvalue weighted by atomic mass is 10.8. The average Bonchev–Trinajstić information content (AvgIpc) is 1.68. The van der Waals surface area contributed by atoms with Crippen molar-refractivity contribution in [2.24, 2.45) is 0 Å². The number of thioether (sulfide) groups is 1. The van der Waals surface area contributed by atoms with Crippen LogP contribution in [0.4, 0.5) is 0 Å². The molecular formula is C4H7O2S. The molecule has 0 spiro atoms. The van der Waals surface area contributed by atoms with Crippen LogP contribution in [0.3, 0.4) is 0 Å². The number of ether oxygens (including phenoxy) is 1. The van der Waals surface area contributed by atoms with Crippen LogP contribution in [0.25, 0.3) is 0 Å². The third kappa shape index (κ3) is 3.66. The van der Waals surface area contributed by atoms with Crippen molar-refractivity contribution in [3.8, 4) is 0 Å². The summed E-state index contributed by atoms with van der Waals surface area (Å²) in [4.78, 5) is 10.1. The molecule has 0 unspecified atom stereocenters. The van der Waals surface area contributed by atoms with Crippen LogP contribution in [0.5, 0.6) is 0 Å². The third-order valence-corrected chi connectivity index (χ3v) is 0.887. The molecule has 3 heteroatoms. The molecule has 0 bridgehead atoms. The second-order valence-corrected chi connectivity index (χ2v) is 1.62. The van der Waals surface area contributed by atoms with E-state index in [1.54, 1.807) is 0 Å². The molecular weight excluding hydrogens is 112 g/mol. The standard InChI is InChI=1S/C4H7O2S/c1-6-4(5)3-7-2/h2-3H2,1H3. The number of esters is 1. The topological polar surface area (TPSA) is 26.3 Å². The van der Waals surface area contributed by atoms with Crippen LogP contribution in [0.15, 0.2) is 0 Å². The molecule has 0 fully saturated rings. The summed E-state index contributed by atoms with van der Waals surface area (Å²) in [5.41, 5.74) is 0. The highest BCUT2D eigenvalue weighted by Gasteiger charge is 1.93. The van der Waals surface area contributed by atoms with Crippen molar-refractivity contribution in [1.82, 2.24) is 0 Å². The minimum atomic E-state index is -0.222. The lowest BCUT2D eigenvalue weighted by Gasteiger charge is -1.90. The maximum Gasteiger partial charge on any atom is 0.315 e. The van der Waals surface area contributed by atoms with Gasteiger partial charge >= 0.3 is 5.97 Å². The molecule has 0 atom stereocenters. The summed E-state index contributed by atoms with van der Waals surface area (Å²) in [5.74, 6) is 0.122. The van der Waals surface area contributed by atoms with Gasteiger partial charge in [0.15, 0.2) is 0 Å². The van der Waals surface area contributed by atoms with Gasteiger partial charge < -0.3 is 4.74 Å². The van der Waals surface area contributed by atoms with Crippen molar-refractivity contribution in [3.63, 3.8) is 0 Å². The zero-order valence-electron chi connectivity index (χ0n) is 4.14. The molecule has 1 radical (unpaired) electrons. The van der Waals surface area contributed by atoms with Crippen molar-refractivity contribution >= 4 is 17.7 Å². The molecule has 0 aliphatic carbocycles. The number of carbonyl (C=O) groups is 1. The Hall–Kier alpha value is -0.180. The predicted molar refractivity (Wildman–Crippen MR) is 29.8 cm³/mol. The van der Waals surface area contributed by atoms with E-state index in [2.05, 4.69) is 11.0 Å². The molecule has 0 N–H and O–H groups in total. The SMILES string of the molecule is [CH2]SCC(=O)OC. The highest BCUT2D eigenvalue weighted by Crippen LogP contribution is 1.93. The zero-order valence-corrected chi connectivity index (χ0v) is 4.96. The Kier molecular flexibility index (Phi) is 3.89. The summed E-state index contributed by atoms with van der Waals surface area (Å²) in [7, 11) is 1.36. The van der Waals surface area contributed by atoms with Crippen LogP contribution in [0, 0.1) is 6.26 Å². The summed E-state index contributed by atoms with van der Waals surface area (Å²) < 4.78 is 4.29. The van der Waals surface area contributed by atoms with E-state index in [0.717, 1.165) is 0 Å². The van der Waals surface area contributed by atoms with Gasteiger partial charge in [0.2, 0.25) is 0 Å². The first kappa shape index (κ1) is 6.82. The second kappa shape index (κ2) is 3.99. The monoisotopic (exact) mass is 119 g/mol. The van der Waals surface area contributed by atoms with Gasteiger partial charge in [-0.05, 0) is 0 Å². The molecule has 0 aromatic carbocycles. The van der Waals surface area contributed by atoms with E-state index in [1.807, 2.05) is 0 Å². The smallest absolute Gasteiger partial charge is 0.315 e. The molecule has 41 valence electrons. The van der Waals surface area contributed by atoms with Crippen LogP contribution >= 0.6 is 11.8 Å². The lowest BCUT2D eigenvalue weighted by Crippen LogP contribution is -2.01. The van der Waals surface area contributed by atoms with Gasteiger partial charge in [0.1, 0.15) is 0 Å². The summed E-state index contributed by atoms with van der Waals surface area (Å²) in [6.45, 7) is 0. The quantitative estimate of drug-likeness (QED) is 0.500. The largest absolute Gasteiger partial charge is 0.468 e. The van der Waals surface area contributed by atoms with Gasteiger partial charge in [-0.25, -0.2) is 0 Å². The van der Waals surface area contributed by atoms with Crippen molar-refractivity contribution in [3.05, 3.63) is 6.26 Å². The van der Waals surface area contributed by atoms with E-state index in [-0.39, 0.29) is 5.97 Å². The van der Waals surface area contributed by atoms with Crippen molar-refractivity contribution < 1.29 is 9.53 Å². The average molecular weight is 119 g/mol. The summed E-state index contributed by atoms with van der Waals surface area (Å²) in [5, 5.41) is 0. The first-order valence-electron chi connectivity index (χ1n) is 1.75. The van der Waals surface area contributed by atoms with Gasteiger partial charge in [0.05, 0.1) is 12.9 Å². The molecule has 0 heterocycles. The van der Waals surface area contributed by atoms with Crippen molar-refractivity contribution in [2.45, 2.75) is 0 Å². The predicted octanol–water partition coefficient (Wildman–Crippen LogP) is 0.684. The lowest BCUT2D eigenvalue weighted by molar-refractivity contribution is -0.137. The molecule has 0 amide bonds. The maximum atomic E-state index is 10.1. The van der Waals surface area contributed by atoms with Gasteiger partial charge in [-0.2, -0.15) is 0 Å². The van der Waals surface area contributed by atoms with Crippen LogP contribution in [0.1, 0.15) is 0 Å². The Balaban J connectivity index is 3.00. The molecule has 0 saturated carbocycles. The fraction of sp³-hybridized carbons (Fsp3) is 0.500. The Morgan fingerprint density at radius 3 is 2.71 bits per heavy atom. The van der Waals surface area contributed by atoms with E-state index in [1.165, 1.54) is 18.9 Å². The van der Waals surface area contributed by atoms with Crippen molar-refractivity contribution in [1.29, 1.82) is 0 Å².